The smallest absolute Gasteiger partial charge is 0.323 e. The Morgan fingerprint density at radius 1 is 1.14 bits per heavy atom. The molecule has 1 aromatic carbocycles. The monoisotopic (exact) mass is 501 g/mol. The van der Waals surface area contributed by atoms with Crippen molar-refractivity contribution in [2.75, 3.05) is 25.7 Å². The average Bonchev–Trinajstić information content (AvgIpc) is 3.02. The maximum atomic E-state index is 12.8. The molecule has 198 valence electrons. The number of benzene rings is 1. The number of carbonyl (C=O) groups excluding carboxylic acids is 3. The van der Waals surface area contributed by atoms with Crippen LogP contribution in [-0.4, -0.2) is 49.3 Å². The molecule has 36 heavy (non-hydrogen) atoms. The molecule has 1 aliphatic rings. The van der Waals surface area contributed by atoms with Gasteiger partial charge in [-0.1, -0.05) is 37.3 Å². The highest BCUT2D eigenvalue weighted by atomic mass is 16.5. The molecule has 0 fully saturated rings. The minimum absolute atomic E-state index is 0.256. The molecular weight excluding hydrogens is 462 g/mol. The molecule has 2 rings (SSSR count). The number of carboxylic acids is 1. The number of carbonyl (C=O) groups is 4. The van der Waals surface area contributed by atoms with Gasteiger partial charge in [-0.25, -0.2) is 0 Å². The Balaban J connectivity index is 0.000000736. The number of methoxy groups -OCH3 is 2. The van der Waals surface area contributed by atoms with E-state index in [0.717, 1.165) is 34.0 Å². The van der Waals surface area contributed by atoms with Crippen LogP contribution in [0.4, 0.5) is 5.69 Å². The lowest BCUT2D eigenvalue weighted by Gasteiger charge is -2.24. The van der Waals surface area contributed by atoms with Gasteiger partial charge in [-0.05, 0) is 58.2 Å². The van der Waals surface area contributed by atoms with Crippen molar-refractivity contribution < 1.29 is 33.8 Å². The maximum absolute atomic E-state index is 12.8. The molecule has 1 amide bonds. The third-order valence-electron chi connectivity index (χ3n) is 5.50. The lowest BCUT2D eigenvalue weighted by molar-refractivity contribution is -0.139. The molecule has 8 heteroatoms. The Hall–Kier alpha value is -3.68. The molecule has 0 radical (unpaired) electrons. The van der Waals surface area contributed by atoms with Crippen molar-refractivity contribution in [2.24, 2.45) is 0 Å². The summed E-state index contributed by atoms with van der Waals surface area (Å²) in [6, 6.07) is 5.04. The molecule has 1 heterocycles. The zero-order valence-electron chi connectivity index (χ0n) is 22.7. The topological polar surface area (TPSA) is 110 Å². The number of aryl methyl sites for hydroxylation is 1. The van der Waals surface area contributed by atoms with E-state index < -0.39 is 29.6 Å². The lowest BCUT2D eigenvalue weighted by atomic mass is 9.74. The highest BCUT2D eigenvalue weighted by molar-refractivity contribution is 6.24. The number of aliphatic carboxylic acids is 1. The Bertz CT molecular complexity index is 1040. The SMILES string of the molecule is C=C(CC)/C(OC)=C(\C)OC.C=CC.CC(=O)CC1(C(C)=O)C(=O)N(CC(=O)O)c2ccc(C)cc21. The summed E-state index contributed by atoms with van der Waals surface area (Å²) >= 11 is 0. The van der Waals surface area contributed by atoms with Gasteiger partial charge in [-0.3, -0.25) is 24.1 Å². The van der Waals surface area contributed by atoms with Crippen molar-refractivity contribution in [2.45, 2.75) is 59.8 Å². The molecule has 1 N–H and O–H groups in total. The number of nitrogens with zero attached hydrogens (tertiary/aromatic N) is 1. The van der Waals surface area contributed by atoms with E-state index in [9.17, 15) is 19.2 Å². The zero-order chi connectivity index (χ0) is 28.2. The van der Waals surface area contributed by atoms with E-state index in [4.69, 9.17) is 14.6 Å². The highest BCUT2D eigenvalue weighted by Crippen LogP contribution is 2.45. The van der Waals surface area contributed by atoms with Gasteiger partial charge in [-0.2, -0.15) is 0 Å². The zero-order valence-corrected chi connectivity index (χ0v) is 22.7. The number of hydrogen-bond acceptors (Lipinski definition) is 6. The fourth-order valence-electron chi connectivity index (χ4n) is 3.77. The molecular formula is C28H39NO7. The molecule has 0 aromatic heterocycles. The fraction of sp³-hybridized carbons (Fsp3) is 0.429. The Labute approximate surface area is 214 Å². The summed E-state index contributed by atoms with van der Waals surface area (Å²) in [7, 11) is 3.25. The van der Waals surface area contributed by atoms with Gasteiger partial charge in [0, 0.05) is 12.1 Å². The van der Waals surface area contributed by atoms with E-state index in [1.807, 2.05) is 27.7 Å². The van der Waals surface area contributed by atoms with Gasteiger partial charge >= 0.3 is 5.97 Å². The van der Waals surface area contributed by atoms with Crippen LogP contribution in [0.2, 0.25) is 0 Å². The van der Waals surface area contributed by atoms with Crippen LogP contribution < -0.4 is 4.90 Å². The van der Waals surface area contributed by atoms with E-state index in [1.54, 1.807) is 38.5 Å². The average molecular weight is 502 g/mol. The van der Waals surface area contributed by atoms with Crippen molar-refractivity contribution in [3.05, 3.63) is 65.7 Å². The molecule has 0 spiro atoms. The number of fused-ring (bicyclic) bond motifs is 1. The van der Waals surface area contributed by atoms with E-state index >= 15 is 0 Å². The normalized spacial score (nSPS) is 16.2. The van der Waals surface area contributed by atoms with Crippen LogP contribution >= 0.6 is 0 Å². The largest absolute Gasteiger partial charge is 0.498 e. The quantitative estimate of drug-likeness (QED) is 0.222. The number of ketones is 2. The first-order chi connectivity index (χ1) is 16.8. The van der Waals surface area contributed by atoms with Gasteiger partial charge in [0.15, 0.2) is 5.76 Å². The number of ether oxygens (including phenoxy) is 2. The first kappa shape index (κ1) is 32.3. The van der Waals surface area contributed by atoms with Crippen LogP contribution in [0.25, 0.3) is 0 Å². The third kappa shape index (κ3) is 7.66. The number of Topliss-reactive ketones (excluding diaryl/α,β-unsaturated/α-hetero) is 2. The fourth-order valence-corrected chi connectivity index (χ4v) is 3.77. The molecule has 1 unspecified atom stereocenters. The van der Waals surface area contributed by atoms with Crippen LogP contribution in [0.15, 0.2) is 54.5 Å². The van der Waals surface area contributed by atoms with Crippen LogP contribution in [0.1, 0.15) is 58.6 Å². The standard InChI is InChI=1S/C16H17NO5.C9H16O2.C3H6/c1-9-4-5-13-12(6-9)16(11(3)19,7-10(2)18)15(22)17(13)8-14(20)21;1-6-7(2)9(11-5)8(3)10-4;1-3-2/h4-6H,7-8H2,1-3H3,(H,20,21);2,6H2,1,3-5H3;3H,1H2,2H3/b;9-8-;. The Morgan fingerprint density at radius 3 is 2.08 bits per heavy atom. The third-order valence-corrected chi connectivity index (χ3v) is 5.50. The van der Waals surface area contributed by atoms with Crippen LogP contribution in [0.5, 0.6) is 0 Å². The Kier molecular flexibility index (Phi) is 13.2. The number of anilines is 1. The summed E-state index contributed by atoms with van der Waals surface area (Å²) in [5, 5.41) is 9.02. The van der Waals surface area contributed by atoms with Crippen molar-refractivity contribution >= 4 is 29.1 Å². The highest BCUT2D eigenvalue weighted by Gasteiger charge is 2.55. The van der Waals surface area contributed by atoms with Crippen molar-refractivity contribution in [1.82, 2.24) is 0 Å². The molecule has 1 atom stereocenters. The maximum Gasteiger partial charge on any atom is 0.323 e. The summed E-state index contributed by atoms with van der Waals surface area (Å²) in [5.41, 5.74) is 0.989. The lowest BCUT2D eigenvalue weighted by Crippen LogP contribution is -2.47. The van der Waals surface area contributed by atoms with E-state index in [2.05, 4.69) is 13.2 Å². The van der Waals surface area contributed by atoms with Gasteiger partial charge < -0.3 is 14.6 Å². The minimum atomic E-state index is -1.61. The second kappa shape index (κ2) is 14.7. The summed E-state index contributed by atoms with van der Waals surface area (Å²) in [4.78, 5) is 48.8. The van der Waals surface area contributed by atoms with E-state index in [-0.39, 0.29) is 12.2 Å². The molecule has 0 bridgehead atoms. The predicted octanol–water partition coefficient (Wildman–Crippen LogP) is 4.90. The summed E-state index contributed by atoms with van der Waals surface area (Å²) in [6.45, 7) is 16.8. The molecule has 0 saturated heterocycles. The molecule has 1 aromatic rings. The van der Waals surface area contributed by atoms with Gasteiger partial charge in [-0.15, -0.1) is 6.58 Å². The minimum Gasteiger partial charge on any atom is -0.498 e. The first-order valence-electron chi connectivity index (χ1n) is 11.5. The van der Waals surface area contributed by atoms with Crippen molar-refractivity contribution in [3.63, 3.8) is 0 Å². The number of amides is 1. The first-order valence-corrected chi connectivity index (χ1v) is 11.5. The summed E-state index contributed by atoms with van der Waals surface area (Å²) < 4.78 is 10.1. The van der Waals surface area contributed by atoms with Gasteiger partial charge in [0.2, 0.25) is 5.91 Å². The number of carboxylic acid groups (broad SMARTS) is 1. The molecule has 8 nitrogen and oxygen atoms in total. The van der Waals surface area contributed by atoms with Gasteiger partial charge in [0.25, 0.3) is 0 Å². The predicted molar refractivity (Wildman–Crippen MR) is 141 cm³/mol. The van der Waals surface area contributed by atoms with Crippen LogP contribution in [-0.2, 0) is 34.1 Å². The second-order valence-corrected chi connectivity index (χ2v) is 8.30. The number of allylic oxidation sites excluding steroid dienone is 3. The molecule has 0 aliphatic carbocycles. The van der Waals surface area contributed by atoms with Crippen LogP contribution in [0.3, 0.4) is 0 Å². The summed E-state index contributed by atoms with van der Waals surface area (Å²) in [5.74, 6) is -1.03. The number of hydrogen-bond donors (Lipinski definition) is 1. The van der Waals surface area contributed by atoms with Crippen molar-refractivity contribution in [3.8, 4) is 0 Å². The van der Waals surface area contributed by atoms with Crippen LogP contribution in [0, 0.1) is 6.92 Å². The van der Waals surface area contributed by atoms with E-state index in [0.29, 0.717) is 11.3 Å². The second-order valence-electron chi connectivity index (χ2n) is 8.30. The van der Waals surface area contributed by atoms with Gasteiger partial charge in [0.05, 0.1) is 14.2 Å². The van der Waals surface area contributed by atoms with E-state index in [1.165, 1.54) is 13.8 Å². The van der Waals surface area contributed by atoms with Crippen molar-refractivity contribution in [1.29, 1.82) is 0 Å². The Morgan fingerprint density at radius 2 is 1.69 bits per heavy atom. The summed E-state index contributed by atoms with van der Waals surface area (Å²) in [6.07, 6.45) is 2.37. The molecule has 1 aliphatic heterocycles. The molecule has 0 saturated carbocycles. The number of rotatable bonds is 9. The van der Waals surface area contributed by atoms with Gasteiger partial charge in [0.1, 0.15) is 29.3 Å².